The number of fused-ring (bicyclic) bond motifs is 1. The number of nitrogens with zero attached hydrogens (tertiary/aromatic N) is 2. The van der Waals surface area contributed by atoms with Crippen molar-refractivity contribution in [3.63, 3.8) is 0 Å². The van der Waals surface area contributed by atoms with E-state index in [1.54, 1.807) is 38.4 Å². The number of thioether (sulfide) groups is 1. The molecular weight excluding hydrogens is 398 g/mol. The SMILES string of the molecule is CN(C)C(=O)COC(=O)c1cccnc1SCC(=O)Nc1ccc2c(c1)OCO2. The molecule has 29 heavy (non-hydrogen) atoms. The second-order valence-electron chi connectivity index (χ2n) is 6.13. The summed E-state index contributed by atoms with van der Waals surface area (Å²) < 4.78 is 15.5. The van der Waals surface area contributed by atoms with Crippen LogP contribution in [0.4, 0.5) is 5.69 Å². The zero-order chi connectivity index (χ0) is 20.8. The number of amides is 2. The Bertz CT molecular complexity index is 934. The maximum Gasteiger partial charge on any atom is 0.341 e. The van der Waals surface area contributed by atoms with Gasteiger partial charge in [-0.3, -0.25) is 9.59 Å². The third-order valence-corrected chi connectivity index (χ3v) is 4.82. The Kier molecular flexibility index (Phi) is 6.55. The Labute approximate surface area is 171 Å². The first-order valence-corrected chi connectivity index (χ1v) is 9.57. The number of hydrogen-bond acceptors (Lipinski definition) is 8. The number of nitrogens with one attached hydrogen (secondary N) is 1. The highest BCUT2D eigenvalue weighted by molar-refractivity contribution is 8.00. The van der Waals surface area contributed by atoms with Crippen LogP contribution in [-0.4, -0.2) is 60.9 Å². The maximum absolute atomic E-state index is 12.3. The molecule has 1 aliphatic heterocycles. The third-order valence-electron chi connectivity index (χ3n) is 3.81. The average Bonchev–Trinajstić information content (AvgIpc) is 3.18. The molecule has 0 saturated heterocycles. The van der Waals surface area contributed by atoms with Crippen LogP contribution < -0.4 is 14.8 Å². The normalized spacial score (nSPS) is 11.7. The van der Waals surface area contributed by atoms with Crippen molar-refractivity contribution in [3.8, 4) is 11.5 Å². The van der Waals surface area contributed by atoms with E-state index in [0.717, 1.165) is 11.8 Å². The quantitative estimate of drug-likeness (QED) is 0.537. The number of esters is 1. The van der Waals surface area contributed by atoms with Crippen molar-refractivity contribution < 1.29 is 28.6 Å². The molecule has 2 heterocycles. The first-order valence-electron chi connectivity index (χ1n) is 8.58. The number of aromatic nitrogens is 1. The zero-order valence-corrected chi connectivity index (χ0v) is 16.7. The van der Waals surface area contributed by atoms with Gasteiger partial charge in [0.2, 0.25) is 12.7 Å². The fourth-order valence-corrected chi connectivity index (χ4v) is 3.08. The van der Waals surface area contributed by atoms with E-state index in [9.17, 15) is 14.4 Å². The molecule has 0 fully saturated rings. The summed E-state index contributed by atoms with van der Waals surface area (Å²) in [5.74, 6) is -0.0603. The Hall–Kier alpha value is -3.27. The molecule has 3 rings (SSSR count). The summed E-state index contributed by atoms with van der Waals surface area (Å²) in [6.45, 7) is -0.212. The van der Waals surface area contributed by atoms with E-state index in [2.05, 4.69) is 10.3 Å². The van der Waals surface area contributed by atoms with Crippen LogP contribution in [0.2, 0.25) is 0 Å². The summed E-state index contributed by atoms with van der Waals surface area (Å²) in [5.41, 5.74) is 0.766. The van der Waals surface area contributed by atoms with E-state index < -0.39 is 5.97 Å². The molecule has 0 bridgehead atoms. The van der Waals surface area contributed by atoms with Crippen LogP contribution in [-0.2, 0) is 14.3 Å². The third kappa shape index (κ3) is 5.38. The highest BCUT2D eigenvalue weighted by atomic mass is 32.2. The molecule has 9 nitrogen and oxygen atoms in total. The van der Waals surface area contributed by atoms with Gasteiger partial charge in [0.25, 0.3) is 5.91 Å². The van der Waals surface area contributed by atoms with Gasteiger partial charge in [-0.2, -0.15) is 0 Å². The standard InChI is InChI=1S/C19H19N3O6S/c1-22(2)17(24)9-26-19(25)13-4-3-7-20-18(13)29-10-16(23)21-12-5-6-14-15(8-12)28-11-27-14/h3-8H,9-11H2,1-2H3,(H,21,23). The molecular formula is C19H19N3O6S. The lowest BCUT2D eigenvalue weighted by Crippen LogP contribution is -2.27. The van der Waals surface area contributed by atoms with Gasteiger partial charge in [-0.25, -0.2) is 9.78 Å². The lowest BCUT2D eigenvalue weighted by atomic mass is 10.3. The van der Waals surface area contributed by atoms with Gasteiger partial charge in [-0.15, -0.1) is 0 Å². The highest BCUT2D eigenvalue weighted by Crippen LogP contribution is 2.34. The van der Waals surface area contributed by atoms with Crippen LogP contribution in [0.25, 0.3) is 0 Å². The largest absolute Gasteiger partial charge is 0.454 e. The molecule has 1 aliphatic rings. The van der Waals surface area contributed by atoms with E-state index in [0.29, 0.717) is 22.2 Å². The molecule has 0 saturated carbocycles. The second-order valence-corrected chi connectivity index (χ2v) is 7.09. The predicted molar refractivity (Wildman–Crippen MR) is 105 cm³/mol. The van der Waals surface area contributed by atoms with Crippen molar-refractivity contribution in [2.45, 2.75) is 5.03 Å². The lowest BCUT2D eigenvalue weighted by molar-refractivity contribution is -0.132. The number of hydrogen-bond donors (Lipinski definition) is 1. The summed E-state index contributed by atoms with van der Waals surface area (Å²) in [4.78, 5) is 41.6. The molecule has 0 unspecified atom stereocenters. The Morgan fingerprint density at radius 2 is 2.00 bits per heavy atom. The Balaban J connectivity index is 1.57. The van der Waals surface area contributed by atoms with Crippen molar-refractivity contribution in [1.29, 1.82) is 0 Å². The summed E-state index contributed by atoms with van der Waals surface area (Å²) in [6.07, 6.45) is 1.51. The first kappa shape index (κ1) is 20.5. The summed E-state index contributed by atoms with van der Waals surface area (Å²) in [5, 5.41) is 3.10. The summed E-state index contributed by atoms with van der Waals surface area (Å²) in [7, 11) is 3.14. The Morgan fingerprint density at radius 1 is 1.21 bits per heavy atom. The fraction of sp³-hybridized carbons (Fsp3) is 0.263. The van der Waals surface area contributed by atoms with Gasteiger partial charge in [-0.1, -0.05) is 11.8 Å². The molecule has 2 amide bonds. The number of rotatable bonds is 7. The van der Waals surface area contributed by atoms with Crippen LogP contribution in [0.5, 0.6) is 11.5 Å². The topological polar surface area (TPSA) is 107 Å². The molecule has 152 valence electrons. The van der Waals surface area contributed by atoms with Gasteiger partial charge in [0, 0.05) is 32.0 Å². The minimum Gasteiger partial charge on any atom is -0.454 e. The molecule has 0 atom stereocenters. The summed E-state index contributed by atoms with van der Waals surface area (Å²) >= 11 is 1.09. The predicted octanol–water partition coefficient (Wildman–Crippen LogP) is 1.79. The molecule has 0 radical (unpaired) electrons. The van der Waals surface area contributed by atoms with Crippen molar-refractivity contribution in [1.82, 2.24) is 9.88 Å². The van der Waals surface area contributed by atoms with E-state index in [1.165, 1.54) is 17.2 Å². The van der Waals surface area contributed by atoms with E-state index in [4.69, 9.17) is 14.2 Å². The van der Waals surface area contributed by atoms with Crippen LogP contribution >= 0.6 is 11.8 Å². The zero-order valence-electron chi connectivity index (χ0n) is 15.8. The van der Waals surface area contributed by atoms with Gasteiger partial charge in [0.05, 0.1) is 11.3 Å². The van der Waals surface area contributed by atoms with Crippen LogP contribution in [0.3, 0.4) is 0 Å². The maximum atomic E-state index is 12.3. The number of carbonyl (C=O) groups is 3. The molecule has 0 spiro atoms. The number of ether oxygens (including phenoxy) is 3. The Morgan fingerprint density at radius 3 is 2.79 bits per heavy atom. The first-order chi connectivity index (χ1) is 13.9. The molecule has 0 aliphatic carbocycles. The molecule has 1 aromatic carbocycles. The highest BCUT2D eigenvalue weighted by Gasteiger charge is 2.18. The average molecular weight is 417 g/mol. The smallest absolute Gasteiger partial charge is 0.341 e. The minimum atomic E-state index is -0.674. The van der Waals surface area contributed by atoms with Gasteiger partial charge in [0.1, 0.15) is 5.03 Å². The molecule has 1 N–H and O–H groups in total. The second kappa shape index (κ2) is 9.28. The van der Waals surface area contributed by atoms with E-state index >= 15 is 0 Å². The van der Waals surface area contributed by atoms with Gasteiger partial charge < -0.3 is 24.4 Å². The van der Waals surface area contributed by atoms with Crippen molar-refractivity contribution >= 4 is 35.2 Å². The van der Waals surface area contributed by atoms with Crippen molar-refractivity contribution in [2.24, 2.45) is 0 Å². The van der Waals surface area contributed by atoms with Crippen molar-refractivity contribution in [3.05, 3.63) is 42.1 Å². The number of carbonyl (C=O) groups excluding carboxylic acids is 3. The number of likely N-dealkylation sites (N-methyl/N-ethyl adjacent to an activating group) is 1. The molecule has 2 aromatic rings. The number of pyridine rings is 1. The van der Waals surface area contributed by atoms with Crippen molar-refractivity contribution in [2.75, 3.05) is 38.6 Å². The number of anilines is 1. The van der Waals surface area contributed by atoms with Crippen LogP contribution in [0.15, 0.2) is 41.6 Å². The van der Waals surface area contributed by atoms with Gasteiger partial charge >= 0.3 is 5.97 Å². The van der Waals surface area contributed by atoms with Gasteiger partial charge in [0.15, 0.2) is 18.1 Å². The fourth-order valence-electron chi connectivity index (χ4n) is 2.30. The van der Waals surface area contributed by atoms with Crippen LogP contribution in [0.1, 0.15) is 10.4 Å². The molecule has 1 aromatic heterocycles. The minimum absolute atomic E-state index is 0.0301. The summed E-state index contributed by atoms with van der Waals surface area (Å²) in [6, 6.07) is 8.22. The monoisotopic (exact) mass is 417 g/mol. The van der Waals surface area contributed by atoms with Gasteiger partial charge in [-0.05, 0) is 24.3 Å². The van der Waals surface area contributed by atoms with E-state index in [1.807, 2.05) is 0 Å². The van der Waals surface area contributed by atoms with E-state index in [-0.39, 0.29) is 36.5 Å². The number of benzene rings is 1. The van der Waals surface area contributed by atoms with Crippen LogP contribution in [0, 0.1) is 0 Å². The lowest BCUT2D eigenvalue weighted by Gasteiger charge is -2.11. The molecule has 10 heteroatoms.